The summed E-state index contributed by atoms with van der Waals surface area (Å²) in [5.74, 6) is 1.13. The van der Waals surface area contributed by atoms with Crippen LogP contribution in [-0.2, 0) is 5.75 Å². The number of ether oxygens (including phenoxy) is 1. The lowest BCUT2D eigenvalue weighted by molar-refractivity contribution is 0.412. The minimum Gasteiger partial charge on any atom is -0.495 e. The third kappa shape index (κ3) is 3.56. The molecule has 0 radical (unpaired) electrons. The van der Waals surface area contributed by atoms with Crippen LogP contribution in [0.15, 0.2) is 58.4 Å². The second-order valence-electron chi connectivity index (χ2n) is 4.68. The number of benzene rings is 2. The van der Waals surface area contributed by atoms with Crippen LogP contribution in [0.3, 0.4) is 0 Å². The Bertz CT molecular complexity index is 825. The standard InChI is InChI=1S/C16H13BrFN3OS/c1-22-15-5-3-2-4-14(15)21-10-19-20-16(21)23-9-11-6-7-12(18)8-13(11)17/h2-8,10H,9H2,1H3. The summed E-state index contributed by atoms with van der Waals surface area (Å²) >= 11 is 4.90. The normalized spacial score (nSPS) is 10.7. The van der Waals surface area contributed by atoms with Crippen LogP contribution in [0.2, 0.25) is 0 Å². The van der Waals surface area contributed by atoms with E-state index in [1.807, 2.05) is 28.8 Å². The third-order valence-electron chi connectivity index (χ3n) is 3.23. The average molecular weight is 394 g/mol. The summed E-state index contributed by atoms with van der Waals surface area (Å²) in [5.41, 5.74) is 1.87. The molecule has 1 aromatic heterocycles. The van der Waals surface area contributed by atoms with Gasteiger partial charge >= 0.3 is 0 Å². The Morgan fingerprint density at radius 3 is 2.87 bits per heavy atom. The highest BCUT2D eigenvalue weighted by molar-refractivity contribution is 9.10. The van der Waals surface area contributed by atoms with Crippen LogP contribution in [-0.4, -0.2) is 21.9 Å². The second kappa shape index (κ2) is 7.14. The molecular formula is C16H13BrFN3OS. The molecule has 118 valence electrons. The number of nitrogens with zero attached hydrogens (tertiary/aromatic N) is 3. The van der Waals surface area contributed by atoms with Gasteiger partial charge in [0.25, 0.3) is 0 Å². The molecule has 0 unspecified atom stereocenters. The fourth-order valence-corrected chi connectivity index (χ4v) is 3.70. The topological polar surface area (TPSA) is 39.9 Å². The molecule has 4 nitrogen and oxygen atoms in total. The molecule has 0 N–H and O–H groups in total. The van der Waals surface area contributed by atoms with Gasteiger partial charge in [0.15, 0.2) is 5.16 Å². The van der Waals surface area contributed by atoms with Crippen LogP contribution in [0.5, 0.6) is 5.75 Å². The quantitative estimate of drug-likeness (QED) is 0.599. The first-order chi connectivity index (χ1) is 11.2. The van der Waals surface area contributed by atoms with Crippen LogP contribution in [0.25, 0.3) is 5.69 Å². The van der Waals surface area contributed by atoms with Crippen molar-refractivity contribution in [1.82, 2.24) is 14.8 Å². The van der Waals surface area contributed by atoms with E-state index < -0.39 is 0 Å². The van der Waals surface area contributed by atoms with E-state index >= 15 is 0 Å². The Morgan fingerprint density at radius 2 is 2.09 bits per heavy atom. The first-order valence-corrected chi connectivity index (χ1v) is 8.57. The van der Waals surface area contributed by atoms with Crippen molar-refractivity contribution in [3.05, 3.63) is 64.6 Å². The van der Waals surface area contributed by atoms with Crippen LogP contribution >= 0.6 is 27.7 Å². The first kappa shape index (κ1) is 16.0. The fourth-order valence-electron chi connectivity index (χ4n) is 2.10. The Hall–Kier alpha value is -1.86. The number of hydrogen-bond donors (Lipinski definition) is 0. The van der Waals surface area contributed by atoms with Crippen LogP contribution < -0.4 is 4.74 Å². The zero-order valence-electron chi connectivity index (χ0n) is 12.2. The van der Waals surface area contributed by atoms with Gasteiger partial charge in [-0.3, -0.25) is 4.57 Å². The van der Waals surface area contributed by atoms with E-state index in [9.17, 15) is 4.39 Å². The van der Waals surface area contributed by atoms with E-state index in [0.29, 0.717) is 5.75 Å². The van der Waals surface area contributed by atoms with Gasteiger partial charge in [-0.25, -0.2) is 4.39 Å². The molecule has 0 aliphatic heterocycles. The summed E-state index contributed by atoms with van der Waals surface area (Å²) in [6.07, 6.45) is 1.65. The largest absolute Gasteiger partial charge is 0.495 e. The monoisotopic (exact) mass is 393 g/mol. The summed E-state index contributed by atoms with van der Waals surface area (Å²) in [4.78, 5) is 0. The van der Waals surface area contributed by atoms with Crippen molar-refractivity contribution in [3.63, 3.8) is 0 Å². The molecule has 1 heterocycles. The number of para-hydroxylation sites is 2. The maximum Gasteiger partial charge on any atom is 0.196 e. The highest BCUT2D eigenvalue weighted by Crippen LogP contribution is 2.30. The Kier molecular flexibility index (Phi) is 4.97. The number of halogens is 2. The molecule has 23 heavy (non-hydrogen) atoms. The van der Waals surface area contributed by atoms with Crippen molar-refractivity contribution < 1.29 is 9.13 Å². The van der Waals surface area contributed by atoms with Crippen molar-refractivity contribution in [2.75, 3.05) is 7.11 Å². The molecule has 0 saturated heterocycles. The highest BCUT2D eigenvalue weighted by Gasteiger charge is 2.12. The molecule has 0 bridgehead atoms. The van der Waals surface area contributed by atoms with E-state index in [-0.39, 0.29) is 5.82 Å². The molecule has 2 aromatic carbocycles. The molecule has 0 amide bonds. The summed E-state index contributed by atoms with van der Waals surface area (Å²) in [7, 11) is 1.63. The van der Waals surface area contributed by atoms with Crippen molar-refractivity contribution in [2.45, 2.75) is 10.9 Å². The van der Waals surface area contributed by atoms with Gasteiger partial charge in [0.05, 0.1) is 12.8 Å². The van der Waals surface area contributed by atoms with Gasteiger partial charge in [-0.15, -0.1) is 10.2 Å². The van der Waals surface area contributed by atoms with Gasteiger partial charge in [0, 0.05) is 10.2 Å². The van der Waals surface area contributed by atoms with E-state index in [2.05, 4.69) is 26.1 Å². The third-order valence-corrected chi connectivity index (χ3v) is 4.96. The summed E-state index contributed by atoms with van der Waals surface area (Å²) < 4.78 is 21.2. The molecule has 0 spiro atoms. The molecule has 0 aliphatic rings. The predicted octanol–water partition coefficient (Wildman–Crippen LogP) is 4.47. The summed E-state index contributed by atoms with van der Waals surface area (Å²) in [6.45, 7) is 0. The molecule has 7 heteroatoms. The maximum absolute atomic E-state index is 13.2. The van der Waals surface area contributed by atoms with Gasteiger partial charge in [-0.1, -0.05) is 45.9 Å². The van der Waals surface area contributed by atoms with Crippen LogP contribution in [0.1, 0.15) is 5.56 Å². The van der Waals surface area contributed by atoms with E-state index in [1.54, 1.807) is 19.5 Å². The maximum atomic E-state index is 13.2. The van der Waals surface area contributed by atoms with E-state index in [1.165, 1.54) is 23.9 Å². The van der Waals surface area contributed by atoms with Crippen molar-refractivity contribution in [1.29, 1.82) is 0 Å². The molecule has 3 rings (SSSR count). The lowest BCUT2D eigenvalue weighted by atomic mass is 10.2. The number of aromatic nitrogens is 3. The number of hydrogen-bond acceptors (Lipinski definition) is 4. The molecule has 0 saturated carbocycles. The van der Waals surface area contributed by atoms with Gasteiger partial charge in [0.1, 0.15) is 17.9 Å². The fraction of sp³-hybridized carbons (Fsp3) is 0.125. The predicted molar refractivity (Wildman–Crippen MR) is 91.6 cm³/mol. The number of thioether (sulfide) groups is 1. The minimum atomic E-state index is -0.261. The van der Waals surface area contributed by atoms with E-state index in [4.69, 9.17) is 4.74 Å². The van der Waals surface area contributed by atoms with Gasteiger partial charge in [-0.05, 0) is 29.8 Å². The highest BCUT2D eigenvalue weighted by atomic mass is 79.9. The van der Waals surface area contributed by atoms with Crippen LogP contribution in [0.4, 0.5) is 4.39 Å². The summed E-state index contributed by atoms with van der Waals surface area (Å²) in [5, 5.41) is 8.89. The average Bonchev–Trinajstić information content (AvgIpc) is 3.02. The lowest BCUT2D eigenvalue weighted by Gasteiger charge is -2.11. The minimum absolute atomic E-state index is 0.261. The number of rotatable bonds is 5. The van der Waals surface area contributed by atoms with Gasteiger partial charge in [0.2, 0.25) is 0 Å². The van der Waals surface area contributed by atoms with Crippen molar-refractivity contribution >= 4 is 27.7 Å². The van der Waals surface area contributed by atoms with Gasteiger partial charge in [-0.2, -0.15) is 0 Å². The molecule has 0 fully saturated rings. The molecule has 0 aliphatic carbocycles. The number of methoxy groups -OCH3 is 1. The van der Waals surface area contributed by atoms with Crippen molar-refractivity contribution in [2.24, 2.45) is 0 Å². The summed E-state index contributed by atoms with van der Waals surface area (Å²) in [6, 6.07) is 12.3. The van der Waals surface area contributed by atoms with Crippen LogP contribution in [0, 0.1) is 5.82 Å². The second-order valence-corrected chi connectivity index (χ2v) is 6.48. The van der Waals surface area contributed by atoms with Gasteiger partial charge < -0.3 is 4.74 Å². The molecule has 0 atom stereocenters. The van der Waals surface area contributed by atoms with E-state index in [0.717, 1.165) is 26.6 Å². The lowest BCUT2D eigenvalue weighted by Crippen LogP contribution is -1.98. The smallest absolute Gasteiger partial charge is 0.196 e. The SMILES string of the molecule is COc1ccccc1-n1cnnc1SCc1ccc(F)cc1Br. The Morgan fingerprint density at radius 1 is 1.26 bits per heavy atom. The molecule has 3 aromatic rings. The molecular weight excluding hydrogens is 381 g/mol. The Balaban J connectivity index is 1.84. The van der Waals surface area contributed by atoms with Crippen molar-refractivity contribution in [3.8, 4) is 11.4 Å². The zero-order valence-corrected chi connectivity index (χ0v) is 14.6. The zero-order chi connectivity index (χ0) is 16.2. The first-order valence-electron chi connectivity index (χ1n) is 6.79. The Labute approximate surface area is 145 Å².